The summed E-state index contributed by atoms with van der Waals surface area (Å²) in [7, 11) is 0. The number of carbonyl (C=O) groups excluding carboxylic acids is 1. The fraction of sp³-hybridized carbons (Fsp3) is 0.308. The highest BCUT2D eigenvalue weighted by Crippen LogP contribution is 2.18. The molecule has 0 aliphatic rings. The Hall–Kier alpha value is -1.57. The van der Waals surface area contributed by atoms with E-state index in [2.05, 4.69) is 35.9 Å². The number of ketones is 1. The first kappa shape index (κ1) is 9.97. The molecule has 0 saturated carbocycles. The highest BCUT2D eigenvalue weighted by molar-refractivity contribution is 5.83. The number of hydrogen-bond donors (Lipinski definition) is 0. The molecule has 0 aliphatic carbocycles. The van der Waals surface area contributed by atoms with E-state index in [-0.39, 0.29) is 5.78 Å². The molecule has 0 radical (unpaired) electrons. The molecule has 2 nitrogen and oxygen atoms in total. The Morgan fingerprint density at radius 2 is 2.13 bits per heavy atom. The molecule has 0 saturated heterocycles. The maximum Gasteiger partial charge on any atom is 0.134 e. The van der Waals surface area contributed by atoms with E-state index in [1.165, 1.54) is 10.9 Å². The van der Waals surface area contributed by atoms with Gasteiger partial charge in [0.25, 0.3) is 0 Å². The number of aromatic nitrogens is 1. The van der Waals surface area contributed by atoms with Crippen LogP contribution in [0.1, 0.15) is 19.4 Å². The van der Waals surface area contributed by atoms with Gasteiger partial charge in [-0.25, -0.2) is 0 Å². The Labute approximate surface area is 89.5 Å². The van der Waals surface area contributed by atoms with Gasteiger partial charge in [0.05, 0.1) is 0 Å². The molecule has 0 unspecified atom stereocenters. The van der Waals surface area contributed by atoms with E-state index in [0.717, 1.165) is 12.1 Å². The Balaban J connectivity index is 2.47. The number of carbonyl (C=O) groups is 1. The molecule has 1 aromatic carbocycles. The van der Waals surface area contributed by atoms with Crippen LogP contribution in [0, 0.1) is 0 Å². The van der Waals surface area contributed by atoms with E-state index in [9.17, 15) is 4.79 Å². The lowest BCUT2D eigenvalue weighted by Gasteiger charge is -2.03. The van der Waals surface area contributed by atoms with Crippen LogP contribution in [0.15, 0.2) is 30.5 Å². The summed E-state index contributed by atoms with van der Waals surface area (Å²) >= 11 is 0. The molecule has 2 rings (SSSR count). The summed E-state index contributed by atoms with van der Waals surface area (Å²) < 4.78 is 2.19. The normalized spacial score (nSPS) is 10.8. The van der Waals surface area contributed by atoms with E-state index in [1.807, 2.05) is 6.07 Å². The van der Waals surface area contributed by atoms with E-state index in [4.69, 9.17) is 0 Å². The monoisotopic (exact) mass is 201 g/mol. The molecule has 0 atom stereocenters. The third-order valence-corrected chi connectivity index (χ3v) is 2.63. The summed E-state index contributed by atoms with van der Waals surface area (Å²) in [5.74, 6) is 0.212. The van der Waals surface area contributed by atoms with Crippen LogP contribution >= 0.6 is 0 Å². The van der Waals surface area contributed by atoms with Gasteiger partial charge in [0, 0.05) is 24.7 Å². The molecular formula is C13H15NO. The Kier molecular flexibility index (Phi) is 2.58. The number of benzene rings is 1. The quantitative estimate of drug-likeness (QED) is 0.748. The van der Waals surface area contributed by atoms with Crippen molar-refractivity contribution in [1.29, 1.82) is 0 Å². The van der Waals surface area contributed by atoms with Crippen molar-refractivity contribution < 1.29 is 4.79 Å². The second-order valence-electron chi connectivity index (χ2n) is 3.87. The van der Waals surface area contributed by atoms with Gasteiger partial charge in [0.15, 0.2) is 0 Å². The fourth-order valence-corrected chi connectivity index (χ4v) is 1.90. The Bertz CT molecular complexity index is 496. The molecule has 1 aromatic heterocycles. The van der Waals surface area contributed by atoms with Crippen LogP contribution < -0.4 is 0 Å². The number of Topliss-reactive ketones (excluding diaryl/α,β-unsaturated/α-hetero) is 1. The first-order chi connectivity index (χ1) is 7.20. The van der Waals surface area contributed by atoms with E-state index in [1.54, 1.807) is 6.92 Å². The van der Waals surface area contributed by atoms with Crippen molar-refractivity contribution in [2.45, 2.75) is 26.8 Å². The Morgan fingerprint density at radius 3 is 2.80 bits per heavy atom. The number of rotatable bonds is 3. The molecule has 0 aliphatic heterocycles. The van der Waals surface area contributed by atoms with Gasteiger partial charge in [0.1, 0.15) is 5.78 Å². The Morgan fingerprint density at radius 1 is 1.33 bits per heavy atom. The number of hydrogen-bond acceptors (Lipinski definition) is 1. The molecule has 0 fully saturated rings. The maximum atomic E-state index is 11.0. The maximum absolute atomic E-state index is 11.0. The molecule has 78 valence electrons. The summed E-state index contributed by atoms with van der Waals surface area (Å²) in [6.45, 7) is 4.72. The van der Waals surface area contributed by atoms with E-state index < -0.39 is 0 Å². The zero-order chi connectivity index (χ0) is 10.8. The van der Waals surface area contributed by atoms with Crippen molar-refractivity contribution in [3.05, 3.63) is 36.0 Å². The number of fused-ring (bicyclic) bond motifs is 1. The van der Waals surface area contributed by atoms with Crippen molar-refractivity contribution >= 4 is 16.7 Å². The van der Waals surface area contributed by atoms with E-state index in [0.29, 0.717) is 6.42 Å². The van der Waals surface area contributed by atoms with Gasteiger partial charge in [-0.15, -0.1) is 0 Å². The lowest BCUT2D eigenvalue weighted by Crippen LogP contribution is -1.97. The SMILES string of the molecule is CCn1ccc2ccc(CC(C)=O)cc21. The standard InChI is InChI=1S/C13H15NO/c1-3-14-7-6-12-5-4-11(8-10(2)15)9-13(12)14/h4-7,9H,3,8H2,1-2H3. The highest BCUT2D eigenvalue weighted by atomic mass is 16.1. The second kappa shape index (κ2) is 3.89. The van der Waals surface area contributed by atoms with Gasteiger partial charge < -0.3 is 4.57 Å². The molecule has 15 heavy (non-hydrogen) atoms. The molecule has 0 amide bonds. The lowest BCUT2D eigenvalue weighted by molar-refractivity contribution is -0.116. The summed E-state index contributed by atoms with van der Waals surface area (Å²) in [6, 6.07) is 8.33. The first-order valence-electron chi connectivity index (χ1n) is 5.28. The van der Waals surface area contributed by atoms with Crippen molar-refractivity contribution in [3.63, 3.8) is 0 Å². The van der Waals surface area contributed by atoms with Crippen molar-refractivity contribution in [2.75, 3.05) is 0 Å². The molecule has 0 spiro atoms. The zero-order valence-electron chi connectivity index (χ0n) is 9.16. The van der Waals surface area contributed by atoms with Crippen molar-refractivity contribution in [2.24, 2.45) is 0 Å². The summed E-state index contributed by atoms with van der Waals surface area (Å²) in [6.07, 6.45) is 2.62. The topological polar surface area (TPSA) is 22.0 Å². The summed E-state index contributed by atoms with van der Waals surface area (Å²) in [4.78, 5) is 11.0. The lowest BCUT2D eigenvalue weighted by atomic mass is 10.1. The second-order valence-corrected chi connectivity index (χ2v) is 3.87. The molecule has 0 bridgehead atoms. The summed E-state index contributed by atoms with van der Waals surface area (Å²) in [5.41, 5.74) is 2.32. The van der Waals surface area contributed by atoms with Gasteiger partial charge in [-0.05, 0) is 36.9 Å². The molecule has 2 aromatic rings. The predicted molar refractivity (Wildman–Crippen MR) is 62.0 cm³/mol. The molecule has 1 heterocycles. The fourth-order valence-electron chi connectivity index (χ4n) is 1.90. The van der Waals surface area contributed by atoms with Crippen molar-refractivity contribution in [1.82, 2.24) is 4.57 Å². The number of aryl methyl sites for hydroxylation is 1. The van der Waals surface area contributed by atoms with Crippen LogP contribution in [0.4, 0.5) is 0 Å². The molecule has 2 heteroatoms. The minimum atomic E-state index is 0.212. The van der Waals surface area contributed by atoms with Gasteiger partial charge in [-0.1, -0.05) is 12.1 Å². The van der Waals surface area contributed by atoms with E-state index >= 15 is 0 Å². The van der Waals surface area contributed by atoms with Crippen LogP contribution in [0.5, 0.6) is 0 Å². The van der Waals surface area contributed by atoms with Crippen LogP contribution in [0.3, 0.4) is 0 Å². The largest absolute Gasteiger partial charge is 0.348 e. The smallest absolute Gasteiger partial charge is 0.134 e. The van der Waals surface area contributed by atoms with Gasteiger partial charge >= 0.3 is 0 Å². The first-order valence-corrected chi connectivity index (χ1v) is 5.28. The zero-order valence-corrected chi connectivity index (χ0v) is 9.16. The van der Waals surface area contributed by atoms with Crippen LogP contribution in [-0.2, 0) is 17.8 Å². The highest BCUT2D eigenvalue weighted by Gasteiger charge is 2.02. The minimum absolute atomic E-state index is 0.212. The number of nitrogens with zero attached hydrogens (tertiary/aromatic N) is 1. The van der Waals surface area contributed by atoms with Crippen LogP contribution in [-0.4, -0.2) is 10.4 Å². The average Bonchev–Trinajstić information content (AvgIpc) is 2.59. The predicted octanol–water partition coefficient (Wildman–Crippen LogP) is 2.79. The third kappa shape index (κ3) is 1.94. The van der Waals surface area contributed by atoms with Crippen LogP contribution in [0.2, 0.25) is 0 Å². The summed E-state index contributed by atoms with van der Waals surface area (Å²) in [5, 5.41) is 1.24. The average molecular weight is 201 g/mol. The van der Waals surface area contributed by atoms with Crippen molar-refractivity contribution in [3.8, 4) is 0 Å². The molecular weight excluding hydrogens is 186 g/mol. The van der Waals surface area contributed by atoms with Crippen LogP contribution in [0.25, 0.3) is 10.9 Å². The van der Waals surface area contributed by atoms with Gasteiger partial charge in [0.2, 0.25) is 0 Å². The minimum Gasteiger partial charge on any atom is -0.348 e. The van der Waals surface area contributed by atoms with Gasteiger partial charge in [-0.3, -0.25) is 4.79 Å². The molecule has 0 N–H and O–H groups in total. The van der Waals surface area contributed by atoms with Gasteiger partial charge in [-0.2, -0.15) is 0 Å². The third-order valence-electron chi connectivity index (χ3n) is 2.63.